The van der Waals surface area contributed by atoms with Crippen molar-refractivity contribution in [1.82, 2.24) is 15.3 Å². The predicted molar refractivity (Wildman–Crippen MR) is 86.4 cm³/mol. The molecule has 0 aliphatic heterocycles. The van der Waals surface area contributed by atoms with Gasteiger partial charge in [-0.15, -0.1) is 0 Å². The van der Waals surface area contributed by atoms with Gasteiger partial charge < -0.3 is 9.73 Å². The number of oxazole rings is 1. The second-order valence-corrected chi connectivity index (χ2v) is 5.31. The Labute approximate surface area is 138 Å². The van der Waals surface area contributed by atoms with Crippen molar-refractivity contribution in [2.45, 2.75) is 19.9 Å². The molecule has 3 rings (SSSR count). The van der Waals surface area contributed by atoms with Gasteiger partial charge in [0.25, 0.3) is 0 Å². The summed E-state index contributed by atoms with van der Waals surface area (Å²) in [6.07, 6.45) is 3.38. The van der Waals surface area contributed by atoms with Crippen LogP contribution in [0.3, 0.4) is 0 Å². The van der Waals surface area contributed by atoms with E-state index in [1.807, 2.05) is 6.07 Å². The van der Waals surface area contributed by atoms with E-state index in [2.05, 4.69) is 15.3 Å². The molecule has 0 spiro atoms. The van der Waals surface area contributed by atoms with Gasteiger partial charge in [-0.2, -0.15) is 0 Å². The molecule has 3 aromatic rings. The number of nitrogens with one attached hydrogen (secondary N) is 1. The van der Waals surface area contributed by atoms with E-state index >= 15 is 0 Å². The van der Waals surface area contributed by atoms with Crippen molar-refractivity contribution in [2.75, 3.05) is 0 Å². The quantitative estimate of drug-likeness (QED) is 0.783. The molecule has 24 heavy (non-hydrogen) atoms. The van der Waals surface area contributed by atoms with Crippen molar-refractivity contribution in [3.8, 4) is 11.5 Å². The summed E-state index contributed by atoms with van der Waals surface area (Å²) in [5, 5.41) is 2.69. The molecule has 0 radical (unpaired) electrons. The van der Waals surface area contributed by atoms with E-state index in [0.29, 0.717) is 22.9 Å². The van der Waals surface area contributed by atoms with Crippen LogP contribution in [0.1, 0.15) is 17.0 Å². The SMILES string of the molecule is Cc1oc(-c2cccnc2)nc1CC(=O)NCc1ccccc1F. The molecule has 0 bridgehead atoms. The number of amides is 1. The summed E-state index contributed by atoms with van der Waals surface area (Å²) in [5.41, 5.74) is 1.75. The van der Waals surface area contributed by atoms with Crippen molar-refractivity contribution < 1.29 is 13.6 Å². The minimum absolute atomic E-state index is 0.0735. The number of aromatic nitrogens is 2. The lowest BCUT2D eigenvalue weighted by molar-refractivity contribution is -0.120. The van der Waals surface area contributed by atoms with Crippen molar-refractivity contribution in [1.29, 1.82) is 0 Å². The number of benzene rings is 1. The normalized spacial score (nSPS) is 10.6. The highest BCUT2D eigenvalue weighted by molar-refractivity contribution is 5.78. The largest absolute Gasteiger partial charge is 0.441 e. The standard InChI is InChI=1S/C18H16FN3O2/c1-12-16(22-18(24-12)14-6-4-8-20-10-14)9-17(23)21-11-13-5-2-3-7-15(13)19/h2-8,10H,9,11H2,1H3,(H,21,23). The number of hydrogen-bond donors (Lipinski definition) is 1. The third-order valence-corrected chi connectivity index (χ3v) is 3.56. The Balaban J connectivity index is 1.65. The summed E-state index contributed by atoms with van der Waals surface area (Å²) in [5.74, 6) is 0.425. The van der Waals surface area contributed by atoms with E-state index < -0.39 is 0 Å². The van der Waals surface area contributed by atoms with Crippen LogP contribution >= 0.6 is 0 Å². The maximum Gasteiger partial charge on any atom is 0.228 e. The molecule has 0 fully saturated rings. The lowest BCUT2D eigenvalue weighted by Gasteiger charge is -2.05. The molecule has 0 aliphatic rings. The molecule has 1 amide bonds. The van der Waals surface area contributed by atoms with Crippen LogP contribution in [-0.4, -0.2) is 15.9 Å². The number of aryl methyl sites for hydroxylation is 1. The fourth-order valence-corrected chi connectivity index (χ4v) is 2.25. The Morgan fingerprint density at radius 3 is 2.83 bits per heavy atom. The van der Waals surface area contributed by atoms with Crippen molar-refractivity contribution in [3.63, 3.8) is 0 Å². The molecule has 5 nitrogen and oxygen atoms in total. The summed E-state index contributed by atoms with van der Waals surface area (Å²) in [4.78, 5) is 20.4. The number of pyridine rings is 1. The van der Waals surface area contributed by atoms with E-state index in [-0.39, 0.29) is 24.7 Å². The Kier molecular flexibility index (Phi) is 4.65. The first-order chi connectivity index (χ1) is 11.6. The van der Waals surface area contributed by atoms with Crippen LogP contribution in [0.5, 0.6) is 0 Å². The summed E-state index contributed by atoms with van der Waals surface area (Å²) in [7, 11) is 0. The van der Waals surface area contributed by atoms with Gasteiger partial charge in [0.05, 0.1) is 17.7 Å². The third-order valence-electron chi connectivity index (χ3n) is 3.56. The minimum Gasteiger partial charge on any atom is -0.441 e. The van der Waals surface area contributed by atoms with Crippen molar-refractivity contribution >= 4 is 5.91 Å². The van der Waals surface area contributed by atoms with Crippen LogP contribution in [0.25, 0.3) is 11.5 Å². The first-order valence-electron chi connectivity index (χ1n) is 7.50. The molecule has 0 unspecified atom stereocenters. The average Bonchev–Trinajstić information content (AvgIpc) is 2.96. The summed E-state index contributed by atoms with van der Waals surface area (Å²) in [6.45, 7) is 1.89. The molecule has 0 saturated heterocycles. The third kappa shape index (κ3) is 3.65. The zero-order valence-electron chi connectivity index (χ0n) is 13.1. The molecule has 2 heterocycles. The molecule has 6 heteroatoms. The number of carbonyl (C=O) groups is 1. The van der Waals surface area contributed by atoms with Gasteiger partial charge in [0, 0.05) is 24.5 Å². The highest BCUT2D eigenvalue weighted by atomic mass is 19.1. The summed E-state index contributed by atoms with van der Waals surface area (Å²) in [6, 6.07) is 9.96. The molecule has 122 valence electrons. The van der Waals surface area contributed by atoms with Gasteiger partial charge in [0.15, 0.2) is 0 Å². The molecule has 1 N–H and O–H groups in total. The number of halogens is 1. The number of nitrogens with zero attached hydrogens (tertiary/aromatic N) is 2. The monoisotopic (exact) mass is 325 g/mol. The van der Waals surface area contributed by atoms with Crippen molar-refractivity contribution in [2.24, 2.45) is 0 Å². The van der Waals surface area contributed by atoms with Gasteiger partial charge in [-0.25, -0.2) is 9.37 Å². The first kappa shape index (κ1) is 15.9. The Morgan fingerprint density at radius 2 is 2.08 bits per heavy atom. The smallest absolute Gasteiger partial charge is 0.228 e. The summed E-state index contributed by atoms with van der Waals surface area (Å²) < 4.78 is 19.1. The molecular weight excluding hydrogens is 309 g/mol. The van der Waals surface area contributed by atoms with E-state index in [1.54, 1.807) is 43.6 Å². The van der Waals surface area contributed by atoms with Gasteiger partial charge in [0.2, 0.25) is 11.8 Å². The Morgan fingerprint density at radius 1 is 1.25 bits per heavy atom. The Bertz CT molecular complexity index is 846. The highest BCUT2D eigenvalue weighted by Gasteiger charge is 2.15. The predicted octanol–water partition coefficient (Wildman–Crippen LogP) is 3.04. The van der Waals surface area contributed by atoms with E-state index in [4.69, 9.17) is 4.42 Å². The first-order valence-corrected chi connectivity index (χ1v) is 7.50. The molecule has 2 aromatic heterocycles. The molecule has 0 atom stereocenters. The highest BCUT2D eigenvalue weighted by Crippen LogP contribution is 2.21. The van der Waals surface area contributed by atoms with Crippen LogP contribution < -0.4 is 5.32 Å². The van der Waals surface area contributed by atoms with Gasteiger partial charge in [-0.05, 0) is 25.1 Å². The molecular formula is C18H16FN3O2. The fourth-order valence-electron chi connectivity index (χ4n) is 2.25. The molecule has 0 saturated carbocycles. The van der Waals surface area contributed by atoms with E-state index in [1.165, 1.54) is 6.07 Å². The number of hydrogen-bond acceptors (Lipinski definition) is 4. The second-order valence-electron chi connectivity index (χ2n) is 5.31. The molecule has 1 aromatic carbocycles. The topological polar surface area (TPSA) is 68.0 Å². The Hall–Kier alpha value is -3.02. The zero-order valence-corrected chi connectivity index (χ0v) is 13.1. The average molecular weight is 325 g/mol. The lowest BCUT2D eigenvalue weighted by Crippen LogP contribution is -2.25. The fraction of sp³-hybridized carbons (Fsp3) is 0.167. The maximum absolute atomic E-state index is 13.5. The van der Waals surface area contributed by atoms with Gasteiger partial charge in [-0.3, -0.25) is 9.78 Å². The van der Waals surface area contributed by atoms with Crippen molar-refractivity contribution in [3.05, 3.63) is 71.6 Å². The maximum atomic E-state index is 13.5. The molecule has 0 aliphatic carbocycles. The number of rotatable bonds is 5. The lowest BCUT2D eigenvalue weighted by atomic mass is 10.2. The van der Waals surface area contributed by atoms with Gasteiger partial charge in [-0.1, -0.05) is 18.2 Å². The second kappa shape index (κ2) is 7.04. The number of carbonyl (C=O) groups excluding carboxylic acids is 1. The van der Waals surface area contributed by atoms with Gasteiger partial charge >= 0.3 is 0 Å². The van der Waals surface area contributed by atoms with Crippen LogP contribution in [0.2, 0.25) is 0 Å². The van der Waals surface area contributed by atoms with E-state index in [9.17, 15) is 9.18 Å². The summed E-state index contributed by atoms with van der Waals surface area (Å²) >= 11 is 0. The van der Waals surface area contributed by atoms with Gasteiger partial charge in [0.1, 0.15) is 11.6 Å². The van der Waals surface area contributed by atoms with E-state index in [0.717, 1.165) is 5.56 Å². The minimum atomic E-state index is -0.339. The van der Waals surface area contributed by atoms with Crippen LogP contribution in [0.4, 0.5) is 4.39 Å². The zero-order chi connectivity index (χ0) is 16.9. The van der Waals surface area contributed by atoms with Crippen LogP contribution in [-0.2, 0) is 17.8 Å². The van der Waals surface area contributed by atoms with Crippen LogP contribution in [0.15, 0.2) is 53.2 Å². The van der Waals surface area contributed by atoms with Crippen LogP contribution in [0, 0.1) is 12.7 Å².